The van der Waals surface area contributed by atoms with Gasteiger partial charge in [0.25, 0.3) is 0 Å². The van der Waals surface area contributed by atoms with Crippen LogP contribution in [0.5, 0.6) is 11.5 Å². The molecule has 2 aromatic rings. The third-order valence-corrected chi connectivity index (χ3v) is 5.16. The van der Waals surface area contributed by atoms with E-state index in [1.807, 2.05) is 53.4 Å². The molecule has 162 valence electrons. The zero-order chi connectivity index (χ0) is 21.2. The van der Waals surface area contributed by atoms with Crippen molar-refractivity contribution in [3.63, 3.8) is 0 Å². The van der Waals surface area contributed by atoms with Gasteiger partial charge >= 0.3 is 6.03 Å². The van der Waals surface area contributed by atoms with Crippen LogP contribution in [0.3, 0.4) is 0 Å². The fourth-order valence-corrected chi connectivity index (χ4v) is 3.57. The Hall–Kier alpha value is -2.77. The van der Waals surface area contributed by atoms with Gasteiger partial charge in [0, 0.05) is 37.4 Å². The molecule has 7 nitrogen and oxygen atoms in total. The van der Waals surface area contributed by atoms with Gasteiger partial charge in [0.2, 0.25) is 0 Å². The van der Waals surface area contributed by atoms with Crippen LogP contribution in [0.2, 0.25) is 0 Å². The Kier molecular flexibility index (Phi) is 8.35. The molecule has 2 aromatic carbocycles. The molecule has 3 rings (SSSR count). The molecule has 1 heterocycles. The van der Waals surface area contributed by atoms with Gasteiger partial charge in [0.05, 0.1) is 34.0 Å². The van der Waals surface area contributed by atoms with Crippen LogP contribution in [0.15, 0.2) is 48.5 Å². The van der Waals surface area contributed by atoms with E-state index >= 15 is 0 Å². The number of nitrogens with one attached hydrogen (secondary N) is 1. The van der Waals surface area contributed by atoms with Crippen molar-refractivity contribution in [2.45, 2.75) is 13.0 Å². The number of para-hydroxylation sites is 2. The number of nitrogens with zero attached hydrogens (tertiary/aromatic N) is 2. The Morgan fingerprint density at radius 3 is 2.53 bits per heavy atom. The molecule has 1 aliphatic rings. The minimum Gasteiger partial charge on any atom is -0.493 e. The quantitative estimate of drug-likeness (QED) is 0.682. The Balaban J connectivity index is 1.70. The number of rotatable bonds is 9. The monoisotopic (exact) mass is 413 g/mol. The van der Waals surface area contributed by atoms with Gasteiger partial charge in [-0.1, -0.05) is 30.3 Å². The molecule has 30 heavy (non-hydrogen) atoms. The van der Waals surface area contributed by atoms with Gasteiger partial charge in [-0.05, 0) is 24.6 Å². The van der Waals surface area contributed by atoms with Crippen molar-refractivity contribution in [2.75, 3.05) is 58.9 Å². The van der Waals surface area contributed by atoms with Crippen LogP contribution in [0.4, 0.5) is 10.5 Å². The number of benzene rings is 2. The highest BCUT2D eigenvalue weighted by Crippen LogP contribution is 2.31. The van der Waals surface area contributed by atoms with Crippen molar-refractivity contribution in [1.29, 1.82) is 0 Å². The SMILES string of the molecule is COc1cccc(CN(CCCN2CCOCC2)C(=O)Nc2ccccc2)c1OC. The minimum atomic E-state index is -0.131. The Bertz CT molecular complexity index is 794. The van der Waals surface area contributed by atoms with Gasteiger partial charge in [0.15, 0.2) is 11.5 Å². The fraction of sp³-hybridized carbons (Fsp3) is 0.435. The summed E-state index contributed by atoms with van der Waals surface area (Å²) in [5.74, 6) is 1.32. The van der Waals surface area contributed by atoms with Gasteiger partial charge < -0.3 is 24.4 Å². The number of anilines is 1. The van der Waals surface area contributed by atoms with Crippen molar-refractivity contribution >= 4 is 11.7 Å². The normalized spacial score (nSPS) is 14.2. The van der Waals surface area contributed by atoms with Crippen LogP contribution < -0.4 is 14.8 Å². The highest BCUT2D eigenvalue weighted by atomic mass is 16.5. The van der Waals surface area contributed by atoms with Gasteiger partial charge in [-0.2, -0.15) is 0 Å². The topological polar surface area (TPSA) is 63.3 Å². The first-order valence-electron chi connectivity index (χ1n) is 10.3. The zero-order valence-electron chi connectivity index (χ0n) is 17.8. The van der Waals surface area contributed by atoms with E-state index in [1.165, 1.54) is 0 Å². The first-order chi connectivity index (χ1) is 14.7. The lowest BCUT2D eigenvalue weighted by atomic mass is 10.1. The summed E-state index contributed by atoms with van der Waals surface area (Å²) in [5.41, 5.74) is 1.68. The zero-order valence-corrected chi connectivity index (χ0v) is 17.8. The molecule has 0 bridgehead atoms. The molecule has 0 aliphatic carbocycles. The second-order valence-electron chi connectivity index (χ2n) is 7.18. The molecule has 1 N–H and O–H groups in total. The molecule has 0 unspecified atom stereocenters. The Morgan fingerprint density at radius 1 is 1.07 bits per heavy atom. The molecule has 2 amide bonds. The van der Waals surface area contributed by atoms with Gasteiger partial charge in [0.1, 0.15) is 0 Å². The van der Waals surface area contributed by atoms with Crippen molar-refractivity contribution < 1.29 is 19.0 Å². The van der Waals surface area contributed by atoms with Crippen molar-refractivity contribution in [3.8, 4) is 11.5 Å². The molecule has 1 aliphatic heterocycles. The van der Waals surface area contributed by atoms with Gasteiger partial charge in [-0.3, -0.25) is 4.90 Å². The second-order valence-corrected chi connectivity index (χ2v) is 7.18. The molecule has 0 radical (unpaired) electrons. The van der Waals surface area contributed by atoms with E-state index in [0.717, 1.165) is 50.5 Å². The number of carbonyl (C=O) groups excluding carboxylic acids is 1. The summed E-state index contributed by atoms with van der Waals surface area (Å²) in [7, 11) is 3.23. The molecule has 7 heteroatoms. The van der Waals surface area contributed by atoms with Gasteiger partial charge in [-0.15, -0.1) is 0 Å². The Morgan fingerprint density at radius 2 is 1.83 bits per heavy atom. The van der Waals surface area contributed by atoms with E-state index in [4.69, 9.17) is 14.2 Å². The van der Waals surface area contributed by atoms with Gasteiger partial charge in [-0.25, -0.2) is 4.79 Å². The lowest BCUT2D eigenvalue weighted by Gasteiger charge is -2.29. The van der Waals surface area contributed by atoms with Crippen LogP contribution in [0.25, 0.3) is 0 Å². The average Bonchev–Trinajstić information content (AvgIpc) is 2.79. The lowest BCUT2D eigenvalue weighted by Crippen LogP contribution is -2.40. The third-order valence-electron chi connectivity index (χ3n) is 5.16. The molecule has 0 spiro atoms. The maximum atomic E-state index is 13.1. The minimum absolute atomic E-state index is 0.131. The molecule has 0 aromatic heterocycles. The van der Waals surface area contributed by atoms with Crippen LogP contribution in [-0.4, -0.2) is 69.4 Å². The highest BCUT2D eigenvalue weighted by Gasteiger charge is 2.19. The maximum Gasteiger partial charge on any atom is 0.322 e. The van der Waals surface area contributed by atoms with E-state index in [2.05, 4.69) is 10.2 Å². The predicted molar refractivity (Wildman–Crippen MR) is 117 cm³/mol. The van der Waals surface area contributed by atoms with Crippen molar-refractivity contribution in [2.24, 2.45) is 0 Å². The van der Waals surface area contributed by atoms with Crippen molar-refractivity contribution in [3.05, 3.63) is 54.1 Å². The summed E-state index contributed by atoms with van der Waals surface area (Å²) >= 11 is 0. The standard InChI is InChI=1S/C23H31N3O4/c1-28-21-11-6-8-19(22(21)29-2)18-26(13-7-12-25-14-16-30-17-15-25)23(27)24-20-9-4-3-5-10-20/h3-6,8-11H,7,12-18H2,1-2H3,(H,24,27). The number of hydrogen-bond donors (Lipinski definition) is 1. The van der Waals surface area contributed by atoms with E-state index < -0.39 is 0 Å². The molecule has 0 saturated carbocycles. The van der Waals surface area contributed by atoms with E-state index in [-0.39, 0.29) is 6.03 Å². The summed E-state index contributed by atoms with van der Waals surface area (Å²) in [6.45, 7) is 5.45. The summed E-state index contributed by atoms with van der Waals surface area (Å²) in [5, 5.41) is 3.00. The fourth-order valence-electron chi connectivity index (χ4n) is 3.57. The summed E-state index contributed by atoms with van der Waals surface area (Å²) < 4.78 is 16.4. The molecule has 0 atom stereocenters. The number of hydrogen-bond acceptors (Lipinski definition) is 5. The maximum absolute atomic E-state index is 13.1. The number of morpholine rings is 1. The number of methoxy groups -OCH3 is 2. The first kappa shape index (κ1) is 21.9. The van der Waals surface area contributed by atoms with E-state index in [0.29, 0.717) is 24.6 Å². The highest BCUT2D eigenvalue weighted by molar-refractivity contribution is 5.89. The summed E-state index contributed by atoms with van der Waals surface area (Å²) in [4.78, 5) is 17.3. The lowest BCUT2D eigenvalue weighted by molar-refractivity contribution is 0.0365. The largest absolute Gasteiger partial charge is 0.493 e. The molecule has 1 saturated heterocycles. The van der Waals surface area contributed by atoms with E-state index in [1.54, 1.807) is 14.2 Å². The molecular formula is C23H31N3O4. The molecule has 1 fully saturated rings. The number of urea groups is 1. The average molecular weight is 414 g/mol. The third kappa shape index (κ3) is 6.11. The van der Waals surface area contributed by atoms with Crippen LogP contribution in [0.1, 0.15) is 12.0 Å². The summed E-state index contributed by atoms with van der Waals surface area (Å²) in [6, 6.07) is 15.1. The smallest absolute Gasteiger partial charge is 0.322 e. The van der Waals surface area contributed by atoms with E-state index in [9.17, 15) is 4.79 Å². The molecular weight excluding hydrogens is 382 g/mol. The predicted octanol–water partition coefficient (Wildman–Crippen LogP) is 3.46. The summed E-state index contributed by atoms with van der Waals surface area (Å²) in [6.07, 6.45) is 0.883. The van der Waals surface area contributed by atoms with Crippen LogP contribution in [0, 0.1) is 0 Å². The van der Waals surface area contributed by atoms with Crippen molar-refractivity contribution in [1.82, 2.24) is 9.80 Å². The number of ether oxygens (including phenoxy) is 3. The van der Waals surface area contributed by atoms with Crippen LogP contribution >= 0.6 is 0 Å². The first-order valence-corrected chi connectivity index (χ1v) is 10.3. The number of amides is 2. The Labute approximate surface area is 178 Å². The number of carbonyl (C=O) groups is 1. The van der Waals surface area contributed by atoms with Crippen LogP contribution in [-0.2, 0) is 11.3 Å². The second kappa shape index (κ2) is 11.4.